The standard InChI is InChI=1S/C11H9O2/c1-13-11-7-3-4-8-9(11)5-2-6-10(8)12/h2-7H,1H3. The van der Waals surface area contributed by atoms with E-state index in [1.165, 1.54) is 0 Å². The Kier molecular flexibility index (Phi) is 1.81. The normalized spacial score (nSPS) is 10.2. The fourth-order valence-electron chi connectivity index (χ4n) is 1.43. The lowest BCUT2D eigenvalue weighted by molar-refractivity contribution is 0.360. The predicted octanol–water partition coefficient (Wildman–Crippen LogP) is 2.99. The highest BCUT2D eigenvalue weighted by Crippen LogP contribution is 2.31. The van der Waals surface area contributed by atoms with E-state index in [4.69, 9.17) is 4.74 Å². The molecule has 2 heteroatoms. The number of ether oxygens (including phenoxy) is 1. The number of benzene rings is 2. The number of hydrogen-bond acceptors (Lipinski definition) is 1. The van der Waals surface area contributed by atoms with Crippen LogP contribution in [0.3, 0.4) is 0 Å². The van der Waals surface area contributed by atoms with Crippen molar-refractivity contribution in [1.29, 1.82) is 0 Å². The van der Waals surface area contributed by atoms with Crippen LogP contribution in [0.5, 0.6) is 11.5 Å². The minimum absolute atomic E-state index is 0.0383. The van der Waals surface area contributed by atoms with Crippen molar-refractivity contribution in [3.05, 3.63) is 36.4 Å². The highest BCUT2D eigenvalue weighted by Gasteiger charge is 2.03. The maximum absolute atomic E-state index is 11.4. The first-order valence-corrected chi connectivity index (χ1v) is 4.05. The highest BCUT2D eigenvalue weighted by molar-refractivity contribution is 5.92. The van der Waals surface area contributed by atoms with Crippen LogP contribution in [0.15, 0.2) is 36.4 Å². The molecule has 0 atom stereocenters. The van der Waals surface area contributed by atoms with E-state index in [0.717, 1.165) is 11.1 Å². The monoisotopic (exact) mass is 173 g/mol. The molecule has 0 spiro atoms. The van der Waals surface area contributed by atoms with Gasteiger partial charge in [0.2, 0.25) is 0 Å². The summed E-state index contributed by atoms with van der Waals surface area (Å²) in [6.45, 7) is 0. The van der Waals surface area contributed by atoms with Crippen molar-refractivity contribution in [2.45, 2.75) is 0 Å². The van der Waals surface area contributed by atoms with Crippen molar-refractivity contribution in [2.24, 2.45) is 0 Å². The molecule has 0 aliphatic carbocycles. The first kappa shape index (κ1) is 7.92. The van der Waals surface area contributed by atoms with E-state index in [2.05, 4.69) is 0 Å². The van der Waals surface area contributed by atoms with Gasteiger partial charge < -0.3 is 4.74 Å². The summed E-state index contributed by atoms with van der Waals surface area (Å²) in [5, 5.41) is 13.0. The Morgan fingerprint density at radius 3 is 2.46 bits per heavy atom. The van der Waals surface area contributed by atoms with Crippen LogP contribution in [-0.4, -0.2) is 7.11 Å². The molecule has 2 aromatic rings. The maximum atomic E-state index is 11.4. The van der Waals surface area contributed by atoms with Crippen molar-refractivity contribution in [1.82, 2.24) is 0 Å². The van der Waals surface area contributed by atoms with Gasteiger partial charge in [0.25, 0.3) is 0 Å². The zero-order valence-corrected chi connectivity index (χ0v) is 7.28. The molecule has 0 saturated heterocycles. The molecule has 0 aliphatic heterocycles. The highest BCUT2D eigenvalue weighted by atomic mass is 16.5. The topological polar surface area (TPSA) is 29.1 Å². The Morgan fingerprint density at radius 1 is 1.00 bits per heavy atom. The second-order valence-electron chi connectivity index (χ2n) is 2.81. The van der Waals surface area contributed by atoms with Gasteiger partial charge in [0.15, 0.2) is 5.75 Å². The third-order valence-corrected chi connectivity index (χ3v) is 2.06. The molecule has 0 fully saturated rings. The van der Waals surface area contributed by atoms with E-state index in [1.54, 1.807) is 25.3 Å². The van der Waals surface area contributed by atoms with E-state index in [1.807, 2.05) is 18.2 Å². The predicted molar refractivity (Wildman–Crippen MR) is 50.6 cm³/mol. The summed E-state index contributed by atoms with van der Waals surface area (Å²) in [6.07, 6.45) is 0. The lowest BCUT2D eigenvalue weighted by Crippen LogP contribution is -1.83. The Hall–Kier alpha value is -1.70. The molecule has 2 nitrogen and oxygen atoms in total. The lowest BCUT2D eigenvalue weighted by atomic mass is 10.1. The van der Waals surface area contributed by atoms with Gasteiger partial charge in [0.05, 0.1) is 7.11 Å². The summed E-state index contributed by atoms with van der Waals surface area (Å²) in [6, 6.07) is 10.7. The average molecular weight is 173 g/mol. The smallest absolute Gasteiger partial charge is 0.186 e. The Labute approximate surface area is 76.4 Å². The molecule has 0 amide bonds. The summed E-state index contributed by atoms with van der Waals surface area (Å²) >= 11 is 0. The number of methoxy groups -OCH3 is 1. The molecule has 0 N–H and O–H groups in total. The molecular weight excluding hydrogens is 164 g/mol. The fourth-order valence-corrected chi connectivity index (χ4v) is 1.43. The molecule has 0 aromatic heterocycles. The van der Waals surface area contributed by atoms with Crippen molar-refractivity contribution in [2.75, 3.05) is 7.11 Å². The molecule has 0 heterocycles. The van der Waals surface area contributed by atoms with E-state index in [-0.39, 0.29) is 5.75 Å². The van der Waals surface area contributed by atoms with Crippen LogP contribution in [0.2, 0.25) is 0 Å². The van der Waals surface area contributed by atoms with Crippen LogP contribution in [0, 0.1) is 0 Å². The molecule has 2 rings (SSSR count). The summed E-state index contributed by atoms with van der Waals surface area (Å²) in [5.74, 6) is 0.784. The minimum atomic E-state index is 0.0383. The van der Waals surface area contributed by atoms with Crippen LogP contribution >= 0.6 is 0 Å². The van der Waals surface area contributed by atoms with Gasteiger partial charge in [-0.05, 0) is 12.1 Å². The first-order valence-electron chi connectivity index (χ1n) is 4.05. The van der Waals surface area contributed by atoms with E-state index >= 15 is 0 Å². The van der Waals surface area contributed by atoms with Gasteiger partial charge in [-0.1, -0.05) is 24.3 Å². The van der Waals surface area contributed by atoms with E-state index in [9.17, 15) is 5.11 Å². The van der Waals surface area contributed by atoms with Crippen LogP contribution in [0.25, 0.3) is 10.8 Å². The second-order valence-corrected chi connectivity index (χ2v) is 2.81. The van der Waals surface area contributed by atoms with Crippen LogP contribution in [0.1, 0.15) is 0 Å². The zero-order valence-electron chi connectivity index (χ0n) is 7.28. The molecule has 13 heavy (non-hydrogen) atoms. The molecule has 2 aromatic carbocycles. The Balaban J connectivity index is 2.84. The third-order valence-electron chi connectivity index (χ3n) is 2.06. The number of rotatable bonds is 1. The SMILES string of the molecule is COc1cccc2c([O])cccc12. The summed E-state index contributed by atoms with van der Waals surface area (Å²) < 4.78 is 5.14. The molecular formula is C11H9O2. The van der Waals surface area contributed by atoms with Gasteiger partial charge in [-0.15, -0.1) is 0 Å². The second kappa shape index (κ2) is 2.98. The average Bonchev–Trinajstić information content (AvgIpc) is 2.18. The summed E-state index contributed by atoms with van der Waals surface area (Å²) in [4.78, 5) is 0. The van der Waals surface area contributed by atoms with Gasteiger partial charge in [0, 0.05) is 10.8 Å². The third kappa shape index (κ3) is 1.20. The van der Waals surface area contributed by atoms with E-state index in [0.29, 0.717) is 5.39 Å². The van der Waals surface area contributed by atoms with Gasteiger partial charge in [-0.25, -0.2) is 0 Å². The Bertz CT molecular complexity index is 435. The molecule has 65 valence electrons. The van der Waals surface area contributed by atoms with Gasteiger partial charge >= 0.3 is 0 Å². The molecule has 0 unspecified atom stereocenters. The van der Waals surface area contributed by atoms with Crippen LogP contribution < -0.4 is 4.74 Å². The quantitative estimate of drug-likeness (QED) is 0.651. The lowest BCUT2D eigenvalue weighted by Gasteiger charge is -2.04. The zero-order chi connectivity index (χ0) is 9.26. The van der Waals surface area contributed by atoms with Gasteiger partial charge in [-0.2, -0.15) is 0 Å². The molecule has 0 bridgehead atoms. The fraction of sp³-hybridized carbons (Fsp3) is 0.0909. The van der Waals surface area contributed by atoms with Crippen LogP contribution in [-0.2, 0) is 5.11 Å². The molecule has 0 aliphatic rings. The van der Waals surface area contributed by atoms with Crippen molar-refractivity contribution >= 4 is 10.8 Å². The number of hydrogen-bond donors (Lipinski definition) is 0. The minimum Gasteiger partial charge on any atom is -0.496 e. The molecule has 0 saturated carbocycles. The molecule has 1 radical (unpaired) electrons. The van der Waals surface area contributed by atoms with Crippen LogP contribution in [0.4, 0.5) is 0 Å². The Morgan fingerprint density at radius 2 is 1.69 bits per heavy atom. The largest absolute Gasteiger partial charge is 0.496 e. The van der Waals surface area contributed by atoms with Gasteiger partial charge in [0.1, 0.15) is 5.75 Å². The summed E-state index contributed by atoms with van der Waals surface area (Å²) in [5.41, 5.74) is 0. The van der Waals surface area contributed by atoms with E-state index < -0.39 is 0 Å². The summed E-state index contributed by atoms with van der Waals surface area (Å²) in [7, 11) is 1.60. The number of fused-ring (bicyclic) bond motifs is 1. The van der Waals surface area contributed by atoms with Gasteiger partial charge in [-0.3, -0.25) is 5.11 Å². The first-order chi connectivity index (χ1) is 6.33. The van der Waals surface area contributed by atoms with Crippen molar-refractivity contribution in [3.63, 3.8) is 0 Å². The van der Waals surface area contributed by atoms with Crippen molar-refractivity contribution in [3.8, 4) is 11.5 Å². The maximum Gasteiger partial charge on any atom is 0.186 e. The van der Waals surface area contributed by atoms with Crippen molar-refractivity contribution < 1.29 is 9.84 Å².